The Labute approximate surface area is 94.5 Å². The van der Waals surface area contributed by atoms with Crippen LogP contribution in [0, 0.1) is 11.8 Å². The number of aliphatic hydroxyl groups excluding tert-OH is 1. The second-order valence-electron chi connectivity index (χ2n) is 5.00. The van der Waals surface area contributed by atoms with Crippen LogP contribution in [0.2, 0.25) is 0 Å². The predicted octanol–water partition coefficient (Wildman–Crippen LogP) is 2.56. The molecule has 0 spiro atoms. The van der Waals surface area contributed by atoms with Gasteiger partial charge in [0.15, 0.2) is 0 Å². The van der Waals surface area contributed by atoms with Gasteiger partial charge >= 0.3 is 0 Å². The molecule has 1 saturated carbocycles. The first-order valence-electron chi connectivity index (χ1n) is 6.64. The van der Waals surface area contributed by atoms with Gasteiger partial charge in [0.2, 0.25) is 0 Å². The van der Waals surface area contributed by atoms with Crippen molar-refractivity contribution in [3.8, 4) is 0 Å². The highest BCUT2D eigenvalue weighted by Gasteiger charge is 2.20. The van der Waals surface area contributed by atoms with E-state index in [0.29, 0.717) is 6.04 Å². The van der Waals surface area contributed by atoms with Crippen LogP contribution >= 0.6 is 0 Å². The average Bonchev–Trinajstić information content (AvgIpc) is 2.31. The molecule has 90 valence electrons. The zero-order chi connectivity index (χ0) is 11.1. The fourth-order valence-electron chi connectivity index (χ4n) is 2.63. The monoisotopic (exact) mass is 213 g/mol. The molecule has 15 heavy (non-hydrogen) atoms. The summed E-state index contributed by atoms with van der Waals surface area (Å²) < 4.78 is 0. The van der Waals surface area contributed by atoms with Gasteiger partial charge in [-0.15, -0.1) is 0 Å². The maximum Gasteiger partial charge on any atom is 0.0584 e. The smallest absolute Gasteiger partial charge is 0.0584 e. The van der Waals surface area contributed by atoms with E-state index in [4.69, 9.17) is 5.11 Å². The Kier molecular flexibility index (Phi) is 6.26. The number of rotatable bonds is 6. The van der Waals surface area contributed by atoms with Crippen LogP contribution in [0.4, 0.5) is 0 Å². The summed E-state index contributed by atoms with van der Waals surface area (Å²) in [6, 6.07) is 0.312. The summed E-state index contributed by atoms with van der Waals surface area (Å²) in [5.41, 5.74) is 0. The van der Waals surface area contributed by atoms with Crippen molar-refractivity contribution in [2.45, 2.75) is 58.4 Å². The highest BCUT2D eigenvalue weighted by Crippen LogP contribution is 2.30. The number of nitrogens with one attached hydrogen (secondary N) is 1. The first-order valence-corrected chi connectivity index (χ1v) is 6.64. The van der Waals surface area contributed by atoms with Crippen LogP contribution in [0.25, 0.3) is 0 Å². The quantitative estimate of drug-likeness (QED) is 0.711. The van der Waals surface area contributed by atoms with Gasteiger partial charge < -0.3 is 10.4 Å². The standard InChI is InChI=1S/C13H27NO/c1-3-11-6-5-7-12(8-11)9-14-13(4-2)10-15/h11-15H,3-10H2,1-2H3. The fraction of sp³-hybridized carbons (Fsp3) is 1.00. The predicted molar refractivity (Wildman–Crippen MR) is 64.9 cm³/mol. The van der Waals surface area contributed by atoms with Crippen LogP contribution in [0.1, 0.15) is 52.4 Å². The Morgan fingerprint density at radius 3 is 2.60 bits per heavy atom. The van der Waals surface area contributed by atoms with E-state index in [2.05, 4.69) is 19.2 Å². The summed E-state index contributed by atoms with van der Waals surface area (Å²) in [5.74, 6) is 1.81. The lowest BCUT2D eigenvalue weighted by Gasteiger charge is -2.29. The van der Waals surface area contributed by atoms with Gasteiger partial charge in [0, 0.05) is 6.04 Å². The van der Waals surface area contributed by atoms with Gasteiger partial charge in [-0.1, -0.05) is 33.1 Å². The van der Waals surface area contributed by atoms with Gasteiger partial charge in [-0.25, -0.2) is 0 Å². The van der Waals surface area contributed by atoms with Crippen molar-refractivity contribution in [3.63, 3.8) is 0 Å². The molecule has 3 unspecified atom stereocenters. The Balaban J connectivity index is 2.20. The Bertz CT molecular complexity index is 157. The summed E-state index contributed by atoms with van der Waals surface area (Å²) in [6.07, 6.45) is 7.98. The van der Waals surface area contributed by atoms with Gasteiger partial charge in [-0.3, -0.25) is 0 Å². The third kappa shape index (κ3) is 4.52. The SMILES string of the molecule is CCC1CCCC(CNC(CC)CO)C1. The highest BCUT2D eigenvalue weighted by atomic mass is 16.3. The van der Waals surface area contributed by atoms with E-state index in [1.807, 2.05) is 0 Å². The minimum atomic E-state index is 0.278. The second kappa shape index (κ2) is 7.24. The lowest BCUT2D eigenvalue weighted by molar-refractivity contribution is 0.211. The van der Waals surface area contributed by atoms with Gasteiger partial charge in [-0.2, -0.15) is 0 Å². The molecule has 0 saturated heterocycles. The molecule has 0 aromatic carbocycles. The first kappa shape index (κ1) is 13.0. The molecule has 1 fully saturated rings. The van der Waals surface area contributed by atoms with E-state index >= 15 is 0 Å². The fourth-order valence-corrected chi connectivity index (χ4v) is 2.63. The number of aliphatic hydroxyl groups is 1. The van der Waals surface area contributed by atoms with Crippen molar-refractivity contribution in [2.24, 2.45) is 11.8 Å². The summed E-state index contributed by atoms with van der Waals surface area (Å²) in [6.45, 7) is 5.82. The molecule has 0 bridgehead atoms. The topological polar surface area (TPSA) is 32.3 Å². The molecule has 0 aromatic rings. The van der Waals surface area contributed by atoms with Crippen LogP contribution in [-0.2, 0) is 0 Å². The average molecular weight is 213 g/mol. The molecule has 2 nitrogen and oxygen atoms in total. The molecule has 0 amide bonds. The third-order valence-corrected chi connectivity index (χ3v) is 3.88. The molecule has 0 aromatic heterocycles. The minimum absolute atomic E-state index is 0.278. The van der Waals surface area contributed by atoms with Gasteiger partial charge in [0.25, 0.3) is 0 Å². The van der Waals surface area contributed by atoms with E-state index in [1.165, 1.54) is 32.1 Å². The summed E-state index contributed by atoms with van der Waals surface area (Å²) in [7, 11) is 0. The van der Waals surface area contributed by atoms with Crippen LogP contribution in [0.15, 0.2) is 0 Å². The molecule has 2 N–H and O–H groups in total. The van der Waals surface area contributed by atoms with E-state index in [9.17, 15) is 0 Å². The van der Waals surface area contributed by atoms with Crippen LogP contribution in [0.3, 0.4) is 0 Å². The summed E-state index contributed by atoms with van der Waals surface area (Å²) >= 11 is 0. The van der Waals surface area contributed by atoms with Crippen LogP contribution < -0.4 is 5.32 Å². The Morgan fingerprint density at radius 2 is 2.00 bits per heavy atom. The van der Waals surface area contributed by atoms with Crippen molar-refractivity contribution < 1.29 is 5.11 Å². The van der Waals surface area contributed by atoms with Crippen molar-refractivity contribution in [1.29, 1.82) is 0 Å². The van der Waals surface area contributed by atoms with Crippen molar-refractivity contribution in [2.75, 3.05) is 13.2 Å². The van der Waals surface area contributed by atoms with Crippen LogP contribution in [-0.4, -0.2) is 24.3 Å². The van der Waals surface area contributed by atoms with Crippen molar-refractivity contribution >= 4 is 0 Å². The second-order valence-corrected chi connectivity index (χ2v) is 5.00. The summed E-state index contributed by atoms with van der Waals surface area (Å²) in [4.78, 5) is 0. The maximum absolute atomic E-state index is 9.09. The van der Waals surface area contributed by atoms with E-state index in [0.717, 1.165) is 24.8 Å². The molecule has 1 rings (SSSR count). The molecule has 0 radical (unpaired) electrons. The largest absolute Gasteiger partial charge is 0.395 e. The molecule has 0 aliphatic heterocycles. The number of hydrogen-bond acceptors (Lipinski definition) is 2. The molecule has 3 atom stereocenters. The summed E-state index contributed by atoms with van der Waals surface area (Å²) in [5, 5.41) is 12.6. The Morgan fingerprint density at radius 1 is 1.27 bits per heavy atom. The molecule has 2 heteroatoms. The van der Waals surface area contributed by atoms with Crippen molar-refractivity contribution in [1.82, 2.24) is 5.32 Å². The van der Waals surface area contributed by atoms with E-state index in [1.54, 1.807) is 0 Å². The van der Waals surface area contributed by atoms with Gasteiger partial charge in [0.1, 0.15) is 0 Å². The van der Waals surface area contributed by atoms with Crippen molar-refractivity contribution in [3.05, 3.63) is 0 Å². The highest BCUT2D eigenvalue weighted by molar-refractivity contribution is 4.75. The van der Waals surface area contributed by atoms with E-state index < -0.39 is 0 Å². The lowest BCUT2D eigenvalue weighted by Crippen LogP contribution is -2.36. The van der Waals surface area contributed by atoms with Gasteiger partial charge in [-0.05, 0) is 37.6 Å². The maximum atomic E-state index is 9.09. The van der Waals surface area contributed by atoms with Gasteiger partial charge in [0.05, 0.1) is 6.61 Å². The first-order chi connectivity index (χ1) is 7.30. The molecular formula is C13H27NO. The minimum Gasteiger partial charge on any atom is -0.395 e. The third-order valence-electron chi connectivity index (χ3n) is 3.88. The number of hydrogen-bond donors (Lipinski definition) is 2. The lowest BCUT2D eigenvalue weighted by atomic mass is 9.80. The zero-order valence-electron chi connectivity index (χ0n) is 10.3. The molecular weight excluding hydrogens is 186 g/mol. The van der Waals surface area contributed by atoms with Crippen LogP contribution in [0.5, 0.6) is 0 Å². The molecule has 1 aliphatic carbocycles. The normalized spacial score (nSPS) is 29.0. The molecule has 0 heterocycles. The Hall–Kier alpha value is -0.0800. The molecule has 1 aliphatic rings. The zero-order valence-corrected chi connectivity index (χ0v) is 10.3. The van der Waals surface area contributed by atoms with E-state index in [-0.39, 0.29) is 6.61 Å².